The lowest BCUT2D eigenvalue weighted by Crippen LogP contribution is -2.52. The van der Waals surface area contributed by atoms with E-state index in [1.54, 1.807) is 12.2 Å². The van der Waals surface area contributed by atoms with Crippen LogP contribution < -0.4 is 16.0 Å². The largest absolute Gasteiger partial charge is 0.391 e. The van der Waals surface area contributed by atoms with E-state index >= 15 is 0 Å². The predicted octanol–water partition coefficient (Wildman–Crippen LogP) is 0.288. The van der Waals surface area contributed by atoms with Gasteiger partial charge in [-0.3, -0.25) is 19.7 Å². The molecule has 0 spiro atoms. The third-order valence-corrected chi connectivity index (χ3v) is 3.58. The van der Waals surface area contributed by atoms with Crippen LogP contribution in [-0.4, -0.2) is 30.8 Å². The van der Waals surface area contributed by atoms with E-state index in [-0.39, 0.29) is 18.2 Å². The third-order valence-electron chi connectivity index (χ3n) is 3.58. The summed E-state index contributed by atoms with van der Waals surface area (Å²) in [5.41, 5.74) is 2.54. The summed E-state index contributed by atoms with van der Waals surface area (Å²) in [6.07, 6.45) is 6.75. The Balaban J connectivity index is 2.08. The summed E-state index contributed by atoms with van der Waals surface area (Å²) in [5.74, 6) is -1.05. The Labute approximate surface area is 123 Å². The lowest BCUT2D eigenvalue weighted by molar-refractivity contribution is -0.136. The average Bonchev–Trinajstić information content (AvgIpc) is 2.63. The SMILES string of the molecule is CNC1=C(C)C=C(C(=O)N[C@@H]2CCC(=O)NC2=O)C=CC1. The van der Waals surface area contributed by atoms with Crippen molar-refractivity contribution in [1.29, 1.82) is 0 Å². The maximum absolute atomic E-state index is 12.2. The normalized spacial score (nSPS) is 22.4. The highest BCUT2D eigenvalue weighted by atomic mass is 16.2. The monoisotopic (exact) mass is 289 g/mol. The molecule has 0 saturated carbocycles. The summed E-state index contributed by atoms with van der Waals surface area (Å²) in [6, 6.07) is -0.652. The standard InChI is InChI=1S/C15H19N3O3/c1-9-8-10(4-3-5-11(9)16-2)14(20)17-12-6-7-13(19)18-15(12)21/h3-4,8,12,16H,5-7H2,1-2H3,(H,17,20)(H,18,19,21)/t12-/m1/s1. The number of imide groups is 1. The van der Waals surface area contributed by atoms with Gasteiger partial charge in [0.25, 0.3) is 5.91 Å². The zero-order chi connectivity index (χ0) is 15.4. The molecule has 0 bridgehead atoms. The van der Waals surface area contributed by atoms with Crippen LogP contribution in [0.3, 0.4) is 0 Å². The van der Waals surface area contributed by atoms with E-state index in [9.17, 15) is 14.4 Å². The molecule has 0 aromatic rings. The molecular formula is C15H19N3O3. The fourth-order valence-electron chi connectivity index (χ4n) is 2.35. The topological polar surface area (TPSA) is 87.3 Å². The zero-order valence-corrected chi connectivity index (χ0v) is 12.2. The number of hydrogen-bond acceptors (Lipinski definition) is 4. The molecule has 6 heteroatoms. The van der Waals surface area contributed by atoms with Gasteiger partial charge in [0.15, 0.2) is 0 Å². The van der Waals surface area contributed by atoms with Crippen LogP contribution in [0.4, 0.5) is 0 Å². The number of piperidine rings is 1. The van der Waals surface area contributed by atoms with Crippen LogP contribution in [0.2, 0.25) is 0 Å². The predicted molar refractivity (Wildman–Crippen MR) is 77.9 cm³/mol. The van der Waals surface area contributed by atoms with Crippen molar-refractivity contribution in [2.24, 2.45) is 0 Å². The first-order chi connectivity index (χ1) is 10.0. The van der Waals surface area contributed by atoms with Gasteiger partial charge in [-0.2, -0.15) is 0 Å². The number of amides is 3. The van der Waals surface area contributed by atoms with Crippen molar-refractivity contribution in [3.8, 4) is 0 Å². The van der Waals surface area contributed by atoms with Gasteiger partial charge in [-0.05, 0) is 25.0 Å². The molecule has 0 aromatic heterocycles. The van der Waals surface area contributed by atoms with E-state index in [0.717, 1.165) is 17.7 Å². The van der Waals surface area contributed by atoms with Crippen molar-refractivity contribution in [3.63, 3.8) is 0 Å². The summed E-state index contributed by atoms with van der Waals surface area (Å²) in [6.45, 7) is 1.93. The van der Waals surface area contributed by atoms with Gasteiger partial charge in [0.1, 0.15) is 6.04 Å². The van der Waals surface area contributed by atoms with Gasteiger partial charge in [-0.15, -0.1) is 0 Å². The van der Waals surface area contributed by atoms with Crippen LogP contribution in [0.1, 0.15) is 26.2 Å². The number of rotatable bonds is 3. The molecule has 21 heavy (non-hydrogen) atoms. The van der Waals surface area contributed by atoms with E-state index in [0.29, 0.717) is 12.0 Å². The molecule has 6 nitrogen and oxygen atoms in total. The summed E-state index contributed by atoms with van der Waals surface area (Å²) in [7, 11) is 1.84. The van der Waals surface area contributed by atoms with E-state index in [1.165, 1.54) is 0 Å². The molecule has 1 fully saturated rings. The van der Waals surface area contributed by atoms with Crippen LogP contribution in [-0.2, 0) is 14.4 Å². The first kappa shape index (κ1) is 15.0. The number of nitrogens with one attached hydrogen (secondary N) is 3. The van der Waals surface area contributed by atoms with Crippen molar-refractivity contribution in [3.05, 3.63) is 35.1 Å². The van der Waals surface area contributed by atoms with Crippen molar-refractivity contribution in [1.82, 2.24) is 16.0 Å². The summed E-state index contributed by atoms with van der Waals surface area (Å²) < 4.78 is 0. The highest BCUT2D eigenvalue weighted by Crippen LogP contribution is 2.16. The minimum absolute atomic E-state index is 0.244. The van der Waals surface area contributed by atoms with Gasteiger partial charge in [-0.25, -0.2) is 0 Å². The number of carbonyl (C=O) groups excluding carboxylic acids is 3. The Hall–Kier alpha value is -2.37. The molecule has 0 aromatic carbocycles. The number of hydrogen-bond donors (Lipinski definition) is 3. The molecular weight excluding hydrogens is 270 g/mol. The van der Waals surface area contributed by atoms with Crippen LogP contribution in [0.15, 0.2) is 35.1 Å². The molecule has 2 aliphatic rings. The summed E-state index contributed by atoms with van der Waals surface area (Å²) in [4.78, 5) is 35.0. The molecule has 1 atom stereocenters. The summed E-state index contributed by atoms with van der Waals surface area (Å²) in [5, 5.41) is 8.00. The molecule has 1 saturated heterocycles. The second-order valence-corrected chi connectivity index (χ2v) is 5.09. The fraction of sp³-hybridized carbons (Fsp3) is 0.400. The second kappa shape index (κ2) is 6.39. The molecule has 3 amide bonds. The second-order valence-electron chi connectivity index (χ2n) is 5.09. The fourth-order valence-corrected chi connectivity index (χ4v) is 2.35. The Morgan fingerprint density at radius 1 is 1.38 bits per heavy atom. The lowest BCUT2D eigenvalue weighted by Gasteiger charge is -2.21. The van der Waals surface area contributed by atoms with Crippen LogP contribution in [0.25, 0.3) is 0 Å². The summed E-state index contributed by atoms with van der Waals surface area (Å²) >= 11 is 0. The van der Waals surface area contributed by atoms with Crippen LogP contribution in [0.5, 0.6) is 0 Å². The number of carbonyl (C=O) groups is 3. The maximum atomic E-state index is 12.2. The molecule has 1 heterocycles. The van der Waals surface area contributed by atoms with Crippen molar-refractivity contribution in [2.75, 3.05) is 7.05 Å². The zero-order valence-electron chi connectivity index (χ0n) is 12.2. The van der Waals surface area contributed by atoms with E-state index in [2.05, 4.69) is 16.0 Å². The quantitative estimate of drug-likeness (QED) is 0.652. The minimum Gasteiger partial charge on any atom is -0.391 e. The smallest absolute Gasteiger partial charge is 0.251 e. The molecule has 3 N–H and O–H groups in total. The van der Waals surface area contributed by atoms with Gasteiger partial charge < -0.3 is 10.6 Å². The Kier molecular flexibility index (Phi) is 4.57. The third kappa shape index (κ3) is 3.59. The molecule has 1 aliphatic heterocycles. The van der Waals surface area contributed by atoms with Crippen LogP contribution in [0, 0.1) is 0 Å². The number of allylic oxidation sites excluding steroid dienone is 3. The molecule has 2 rings (SSSR count). The first-order valence-corrected chi connectivity index (χ1v) is 6.91. The van der Waals surface area contributed by atoms with Crippen molar-refractivity contribution < 1.29 is 14.4 Å². The first-order valence-electron chi connectivity index (χ1n) is 6.91. The van der Waals surface area contributed by atoms with Gasteiger partial charge in [0.05, 0.1) is 0 Å². The minimum atomic E-state index is -0.652. The van der Waals surface area contributed by atoms with Gasteiger partial charge in [0.2, 0.25) is 11.8 Å². The highest BCUT2D eigenvalue weighted by Gasteiger charge is 2.28. The van der Waals surface area contributed by atoms with Crippen LogP contribution >= 0.6 is 0 Å². The molecule has 1 aliphatic carbocycles. The van der Waals surface area contributed by atoms with E-state index in [4.69, 9.17) is 0 Å². The van der Waals surface area contributed by atoms with E-state index in [1.807, 2.05) is 20.0 Å². The Bertz CT molecular complexity index is 573. The molecule has 0 unspecified atom stereocenters. The van der Waals surface area contributed by atoms with Gasteiger partial charge in [-0.1, -0.05) is 12.2 Å². The van der Waals surface area contributed by atoms with Gasteiger partial charge in [0, 0.05) is 31.2 Å². The highest BCUT2D eigenvalue weighted by molar-refractivity contribution is 6.04. The Morgan fingerprint density at radius 3 is 2.81 bits per heavy atom. The van der Waals surface area contributed by atoms with Gasteiger partial charge >= 0.3 is 0 Å². The maximum Gasteiger partial charge on any atom is 0.251 e. The van der Waals surface area contributed by atoms with Crippen molar-refractivity contribution >= 4 is 17.7 Å². The molecule has 112 valence electrons. The van der Waals surface area contributed by atoms with Crippen molar-refractivity contribution in [2.45, 2.75) is 32.2 Å². The average molecular weight is 289 g/mol. The molecule has 0 radical (unpaired) electrons. The van der Waals surface area contributed by atoms with E-state index < -0.39 is 11.9 Å². The lowest BCUT2D eigenvalue weighted by atomic mass is 10.1. The Morgan fingerprint density at radius 2 is 2.14 bits per heavy atom.